The highest BCUT2D eigenvalue weighted by Gasteiger charge is 2.48. The second kappa shape index (κ2) is 6.74. The lowest BCUT2D eigenvalue weighted by Crippen LogP contribution is -2.46. The van der Waals surface area contributed by atoms with Crippen molar-refractivity contribution in [2.24, 2.45) is 16.3 Å². The Morgan fingerprint density at radius 2 is 1.92 bits per heavy atom. The van der Waals surface area contributed by atoms with Gasteiger partial charge < -0.3 is 4.74 Å². The zero-order chi connectivity index (χ0) is 18.2. The summed E-state index contributed by atoms with van der Waals surface area (Å²) in [5.74, 6) is 0.856. The van der Waals surface area contributed by atoms with E-state index in [9.17, 15) is 8.42 Å². The van der Waals surface area contributed by atoms with Gasteiger partial charge in [0.1, 0.15) is 0 Å². The fourth-order valence-electron chi connectivity index (χ4n) is 3.79. The van der Waals surface area contributed by atoms with Crippen molar-refractivity contribution in [2.75, 3.05) is 13.4 Å². The van der Waals surface area contributed by atoms with Gasteiger partial charge in [-0.25, -0.2) is 8.42 Å². The molecule has 1 aliphatic carbocycles. The van der Waals surface area contributed by atoms with E-state index in [1.165, 1.54) is 11.8 Å². The number of allylic oxidation sites excluding steroid dienone is 1. The van der Waals surface area contributed by atoms with E-state index >= 15 is 0 Å². The predicted molar refractivity (Wildman–Crippen MR) is 100 cm³/mol. The number of ether oxygens (including phenoxy) is 1. The molecule has 1 aromatic carbocycles. The summed E-state index contributed by atoms with van der Waals surface area (Å²) in [5.41, 5.74) is 1.45. The van der Waals surface area contributed by atoms with Gasteiger partial charge in [0.25, 0.3) is 0 Å². The molecule has 0 bridgehead atoms. The average Bonchev–Trinajstić information content (AvgIpc) is 2.46. The molecule has 2 atom stereocenters. The number of rotatable bonds is 5. The third kappa shape index (κ3) is 3.91. The molecule has 1 fully saturated rings. The monoisotopic (exact) mass is 382 g/mol. The van der Waals surface area contributed by atoms with Crippen LogP contribution in [0.25, 0.3) is 0 Å². The molecule has 2 unspecified atom stereocenters. The average molecular weight is 383 g/mol. The van der Waals surface area contributed by atoms with Crippen molar-refractivity contribution < 1.29 is 13.2 Å². The number of halogens is 1. The summed E-state index contributed by atoms with van der Waals surface area (Å²) in [7, 11) is -1.70. The maximum atomic E-state index is 11.5. The van der Waals surface area contributed by atoms with Gasteiger partial charge in [-0.3, -0.25) is 9.71 Å². The van der Waals surface area contributed by atoms with E-state index in [-0.39, 0.29) is 11.6 Å². The van der Waals surface area contributed by atoms with Gasteiger partial charge in [-0.05, 0) is 48.4 Å². The number of dihydropyridines is 1. The summed E-state index contributed by atoms with van der Waals surface area (Å²) in [5, 5.41) is 0.743. The Balaban J connectivity index is 1.77. The fraction of sp³-hybridized carbons (Fsp3) is 0.500. The number of sulfonamides is 1. The molecule has 0 amide bonds. The number of methoxy groups -OCH3 is 1. The van der Waals surface area contributed by atoms with Crippen LogP contribution in [0.15, 0.2) is 41.0 Å². The molecule has 25 heavy (non-hydrogen) atoms. The number of benzene rings is 1. The van der Waals surface area contributed by atoms with Gasteiger partial charge in [-0.15, -0.1) is 0 Å². The Hall–Kier alpha value is -1.37. The van der Waals surface area contributed by atoms with Gasteiger partial charge in [0.15, 0.2) is 6.23 Å². The van der Waals surface area contributed by atoms with Crippen LogP contribution in [0.5, 0.6) is 0 Å². The lowest BCUT2D eigenvalue weighted by Gasteiger charge is -2.49. The predicted octanol–water partition coefficient (Wildman–Crippen LogP) is 3.33. The van der Waals surface area contributed by atoms with Crippen LogP contribution in [-0.2, 0) is 14.8 Å². The summed E-state index contributed by atoms with van der Waals surface area (Å²) in [6.07, 6.45) is 6.34. The normalized spacial score (nSPS) is 32.0. The van der Waals surface area contributed by atoms with Crippen LogP contribution in [0.2, 0.25) is 5.02 Å². The fourth-order valence-corrected chi connectivity index (χ4v) is 4.45. The minimum absolute atomic E-state index is 0.311. The molecule has 1 heterocycles. The van der Waals surface area contributed by atoms with Crippen molar-refractivity contribution in [1.29, 1.82) is 0 Å². The van der Waals surface area contributed by atoms with Gasteiger partial charge >= 0.3 is 0 Å². The first kappa shape index (κ1) is 18.4. The van der Waals surface area contributed by atoms with Crippen LogP contribution in [0.1, 0.15) is 31.2 Å². The zero-order valence-corrected chi connectivity index (χ0v) is 16.1. The summed E-state index contributed by atoms with van der Waals surface area (Å²) < 4.78 is 31.1. The SMILES string of the molecule is COC1N=CC(NS(C)(=O)=O)=CC1(C)[C@H]1C[C@H](c2ccc(Cl)cc2)C1. The first-order valence-electron chi connectivity index (χ1n) is 8.23. The van der Waals surface area contributed by atoms with E-state index in [1.54, 1.807) is 7.11 Å². The molecule has 0 spiro atoms. The van der Waals surface area contributed by atoms with E-state index in [0.717, 1.165) is 24.1 Å². The van der Waals surface area contributed by atoms with Gasteiger partial charge in [-0.2, -0.15) is 0 Å². The standard InChI is InChI=1S/C18H23ClN2O3S/c1-18(10-16(21-25(3,22)23)11-20-17(18)24-2)14-8-13(9-14)12-4-6-15(19)7-5-12/h4-7,10-11,13-14,17,21H,8-9H2,1-3H3/t13-,14-,17?,18?. The molecular weight excluding hydrogens is 360 g/mol. The minimum atomic E-state index is -3.33. The van der Waals surface area contributed by atoms with Crippen molar-refractivity contribution in [3.05, 3.63) is 46.6 Å². The lowest BCUT2D eigenvalue weighted by molar-refractivity contribution is -0.0324. The van der Waals surface area contributed by atoms with Crippen LogP contribution in [-0.4, -0.2) is 34.2 Å². The van der Waals surface area contributed by atoms with Crippen LogP contribution < -0.4 is 4.72 Å². The molecule has 1 aromatic rings. The molecule has 136 valence electrons. The van der Waals surface area contributed by atoms with Crippen molar-refractivity contribution in [3.8, 4) is 0 Å². The van der Waals surface area contributed by atoms with Crippen LogP contribution >= 0.6 is 11.6 Å². The maximum Gasteiger partial charge on any atom is 0.229 e. The van der Waals surface area contributed by atoms with Crippen LogP contribution in [0, 0.1) is 11.3 Å². The number of nitrogens with one attached hydrogen (secondary N) is 1. The third-order valence-electron chi connectivity index (χ3n) is 5.23. The Kier molecular flexibility index (Phi) is 4.97. The van der Waals surface area contributed by atoms with Crippen molar-refractivity contribution in [3.63, 3.8) is 0 Å². The Labute approximate surface area is 154 Å². The van der Waals surface area contributed by atoms with Crippen LogP contribution in [0.3, 0.4) is 0 Å². The quantitative estimate of drug-likeness (QED) is 0.849. The second-order valence-electron chi connectivity index (χ2n) is 7.12. The molecule has 1 N–H and O–H groups in total. The Bertz CT molecular complexity index is 798. The molecule has 1 saturated carbocycles. The number of hydrogen-bond acceptors (Lipinski definition) is 4. The molecule has 3 rings (SSSR count). The summed E-state index contributed by atoms with van der Waals surface area (Å²) in [4.78, 5) is 4.42. The van der Waals surface area contributed by atoms with Gasteiger partial charge in [0, 0.05) is 23.8 Å². The highest BCUT2D eigenvalue weighted by Crippen LogP contribution is 2.53. The summed E-state index contributed by atoms with van der Waals surface area (Å²) >= 11 is 5.96. The molecule has 0 radical (unpaired) electrons. The molecule has 0 saturated heterocycles. The van der Waals surface area contributed by atoms with E-state index in [2.05, 4.69) is 28.8 Å². The van der Waals surface area contributed by atoms with Crippen molar-refractivity contribution >= 4 is 27.8 Å². The number of nitrogens with zero attached hydrogens (tertiary/aromatic N) is 1. The number of hydrogen-bond donors (Lipinski definition) is 1. The van der Waals surface area contributed by atoms with Crippen LogP contribution in [0.4, 0.5) is 0 Å². The maximum absolute atomic E-state index is 11.5. The molecule has 7 heteroatoms. The highest BCUT2D eigenvalue weighted by atomic mass is 35.5. The smallest absolute Gasteiger partial charge is 0.229 e. The van der Waals surface area contributed by atoms with Gasteiger partial charge in [0.2, 0.25) is 10.0 Å². The highest BCUT2D eigenvalue weighted by molar-refractivity contribution is 7.88. The number of aliphatic imine (C=N–C) groups is 1. The van der Waals surface area contributed by atoms with Gasteiger partial charge in [-0.1, -0.05) is 30.7 Å². The minimum Gasteiger partial charge on any atom is -0.359 e. The largest absolute Gasteiger partial charge is 0.359 e. The first-order valence-corrected chi connectivity index (χ1v) is 10.5. The first-order chi connectivity index (χ1) is 11.7. The summed E-state index contributed by atoms with van der Waals surface area (Å²) in [6.45, 7) is 2.09. The summed E-state index contributed by atoms with van der Waals surface area (Å²) in [6, 6.07) is 7.99. The Morgan fingerprint density at radius 3 is 2.48 bits per heavy atom. The molecular formula is C18H23ClN2O3S. The van der Waals surface area contributed by atoms with E-state index in [1.807, 2.05) is 18.2 Å². The van der Waals surface area contributed by atoms with Gasteiger partial charge in [0.05, 0.1) is 12.0 Å². The topological polar surface area (TPSA) is 67.8 Å². The van der Waals surface area contributed by atoms with E-state index < -0.39 is 10.0 Å². The van der Waals surface area contributed by atoms with Crippen molar-refractivity contribution in [1.82, 2.24) is 4.72 Å². The lowest BCUT2D eigenvalue weighted by atomic mass is 9.58. The van der Waals surface area contributed by atoms with Crippen molar-refractivity contribution in [2.45, 2.75) is 31.9 Å². The molecule has 1 aliphatic heterocycles. The zero-order valence-electron chi connectivity index (χ0n) is 14.6. The molecule has 0 aromatic heterocycles. The second-order valence-corrected chi connectivity index (χ2v) is 9.31. The van der Waals surface area contributed by atoms with E-state index in [0.29, 0.717) is 17.5 Å². The van der Waals surface area contributed by atoms with E-state index in [4.69, 9.17) is 16.3 Å². The third-order valence-corrected chi connectivity index (χ3v) is 6.09. The molecule has 5 nitrogen and oxygen atoms in total. The molecule has 2 aliphatic rings. The Morgan fingerprint density at radius 1 is 1.28 bits per heavy atom.